The van der Waals surface area contributed by atoms with Crippen LogP contribution in [0.25, 0.3) is 10.8 Å². The van der Waals surface area contributed by atoms with Crippen molar-refractivity contribution >= 4 is 28.2 Å². The van der Waals surface area contributed by atoms with E-state index < -0.39 is 0 Å². The third-order valence-corrected chi connectivity index (χ3v) is 6.76. The molecule has 1 aliphatic heterocycles. The second kappa shape index (κ2) is 8.00. The molecule has 0 unspecified atom stereocenters. The Morgan fingerprint density at radius 2 is 1.90 bits per heavy atom. The second-order valence-corrected chi connectivity index (χ2v) is 8.74. The molecule has 1 saturated heterocycles. The van der Waals surface area contributed by atoms with Gasteiger partial charge in [0.2, 0.25) is 0 Å². The van der Waals surface area contributed by atoms with Gasteiger partial charge in [-0.3, -0.25) is 9.69 Å². The minimum Gasteiger partial charge on any atom is -0.354 e. The number of aromatic nitrogens is 2. The molecule has 1 saturated carbocycles. The fourth-order valence-electron chi connectivity index (χ4n) is 4.92. The molecule has 3 aromatic rings. The number of nitrogens with zero attached hydrogens (tertiary/aromatic N) is 3. The van der Waals surface area contributed by atoms with Gasteiger partial charge in [0.1, 0.15) is 11.6 Å². The zero-order valence-corrected chi connectivity index (χ0v) is 17.4. The normalized spacial score (nSPS) is 22.7. The Morgan fingerprint density at radius 3 is 2.67 bits per heavy atom. The molecule has 0 radical (unpaired) electrons. The number of benzene rings is 1. The first-order valence-electron chi connectivity index (χ1n) is 10.5. The van der Waals surface area contributed by atoms with E-state index >= 15 is 0 Å². The van der Waals surface area contributed by atoms with Crippen molar-refractivity contribution in [3.8, 4) is 0 Å². The van der Waals surface area contributed by atoms with Gasteiger partial charge in [0.25, 0.3) is 5.56 Å². The van der Waals surface area contributed by atoms with E-state index in [1.54, 1.807) is 12.3 Å². The van der Waals surface area contributed by atoms with Crippen LogP contribution in [0.3, 0.4) is 0 Å². The number of nitrogens with one attached hydrogen (secondary N) is 1. The molecular weight excluding hydrogens is 403 g/mol. The number of fused-ring (bicyclic) bond motifs is 1. The third-order valence-electron chi connectivity index (χ3n) is 6.54. The van der Waals surface area contributed by atoms with Gasteiger partial charge in [0.05, 0.1) is 5.02 Å². The first-order valence-corrected chi connectivity index (χ1v) is 10.9. The van der Waals surface area contributed by atoms with Gasteiger partial charge in [0.15, 0.2) is 0 Å². The number of anilines is 1. The zero-order valence-electron chi connectivity index (χ0n) is 16.7. The second-order valence-electron chi connectivity index (χ2n) is 8.31. The van der Waals surface area contributed by atoms with Crippen LogP contribution in [0.1, 0.15) is 30.9 Å². The lowest BCUT2D eigenvalue weighted by molar-refractivity contribution is 0.186. The van der Waals surface area contributed by atoms with Crippen molar-refractivity contribution < 1.29 is 4.39 Å². The Bertz CT molecular complexity index is 1110. The van der Waals surface area contributed by atoms with Gasteiger partial charge < -0.3 is 9.88 Å². The van der Waals surface area contributed by atoms with Gasteiger partial charge >= 0.3 is 0 Å². The van der Waals surface area contributed by atoms with Crippen LogP contribution in [-0.4, -0.2) is 47.1 Å². The molecule has 1 N–H and O–H groups in total. The molecule has 0 spiro atoms. The average Bonchev–Trinajstić information content (AvgIpc) is 3.25. The number of piperazine rings is 1. The van der Waals surface area contributed by atoms with Crippen molar-refractivity contribution in [2.75, 3.05) is 31.1 Å². The monoisotopic (exact) mass is 426 g/mol. The van der Waals surface area contributed by atoms with E-state index in [0.29, 0.717) is 22.4 Å². The summed E-state index contributed by atoms with van der Waals surface area (Å²) in [4.78, 5) is 24.7. The average molecular weight is 427 g/mol. The fourth-order valence-corrected chi connectivity index (χ4v) is 5.03. The van der Waals surface area contributed by atoms with Crippen molar-refractivity contribution in [2.45, 2.75) is 31.2 Å². The highest BCUT2D eigenvalue weighted by atomic mass is 35.5. The number of hydrogen-bond acceptors (Lipinski definition) is 4. The minimum atomic E-state index is -0.380. The van der Waals surface area contributed by atoms with Crippen molar-refractivity contribution in [3.63, 3.8) is 0 Å². The van der Waals surface area contributed by atoms with Crippen LogP contribution in [-0.2, 0) is 0 Å². The summed E-state index contributed by atoms with van der Waals surface area (Å²) < 4.78 is 13.5. The maximum atomic E-state index is 13.5. The highest BCUT2D eigenvalue weighted by molar-refractivity contribution is 6.30. The first-order chi connectivity index (χ1) is 14.6. The summed E-state index contributed by atoms with van der Waals surface area (Å²) in [5.74, 6) is 0.941. The molecule has 7 heteroatoms. The molecular formula is C23H24ClFN4O. The van der Waals surface area contributed by atoms with Gasteiger partial charge in [0, 0.05) is 55.4 Å². The summed E-state index contributed by atoms with van der Waals surface area (Å²) in [6.07, 6.45) is 4.94. The van der Waals surface area contributed by atoms with Crippen molar-refractivity contribution in [3.05, 3.63) is 69.5 Å². The van der Waals surface area contributed by atoms with Crippen molar-refractivity contribution in [1.29, 1.82) is 0 Å². The molecule has 5 rings (SSSR count). The first kappa shape index (κ1) is 19.5. The molecule has 2 aliphatic rings. The fraction of sp³-hybridized carbons (Fsp3) is 0.391. The van der Waals surface area contributed by atoms with Gasteiger partial charge in [-0.05, 0) is 55.0 Å². The molecule has 2 fully saturated rings. The molecule has 1 aromatic carbocycles. The lowest BCUT2D eigenvalue weighted by Gasteiger charge is -2.38. The Balaban J connectivity index is 1.24. The highest BCUT2D eigenvalue weighted by Crippen LogP contribution is 2.37. The Morgan fingerprint density at radius 1 is 1.07 bits per heavy atom. The number of halogens is 2. The Hall–Kier alpha value is -2.44. The summed E-state index contributed by atoms with van der Waals surface area (Å²) in [5.41, 5.74) is 0.778. The number of aromatic amines is 1. The minimum absolute atomic E-state index is 0.200. The zero-order chi connectivity index (χ0) is 20.7. The number of hydrogen-bond donors (Lipinski definition) is 1. The molecule has 0 bridgehead atoms. The van der Waals surface area contributed by atoms with E-state index in [1.807, 2.05) is 18.2 Å². The lowest BCUT2D eigenvalue weighted by atomic mass is 10.0. The van der Waals surface area contributed by atoms with Crippen LogP contribution in [0.2, 0.25) is 5.02 Å². The van der Waals surface area contributed by atoms with Gasteiger partial charge in [-0.15, -0.1) is 0 Å². The summed E-state index contributed by atoms with van der Waals surface area (Å²) in [7, 11) is 0. The van der Waals surface area contributed by atoms with Crippen LogP contribution in [0.15, 0.2) is 47.4 Å². The van der Waals surface area contributed by atoms with Gasteiger partial charge in [-0.1, -0.05) is 17.7 Å². The topological polar surface area (TPSA) is 52.2 Å². The van der Waals surface area contributed by atoms with Crippen LogP contribution >= 0.6 is 11.6 Å². The van der Waals surface area contributed by atoms with E-state index in [2.05, 4.69) is 19.8 Å². The molecule has 0 amide bonds. The summed E-state index contributed by atoms with van der Waals surface area (Å²) >= 11 is 5.94. The van der Waals surface area contributed by atoms with E-state index in [1.165, 1.54) is 12.1 Å². The smallest absolute Gasteiger partial charge is 0.256 e. The van der Waals surface area contributed by atoms with Gasteiger partial charge in [-0.25, -0.2) is 9.37 Å². The van der Waals surface area contributed by atoms with Crippen LogP contribution in [0, 0.1) is 5.82 Å². The maximum absolute atomic E-state index is 13.5. The summed E-state index contributed by atoms with van der Waals surface area (Å²) in [6.45, 7) is 3.92. The van der Waals surface area contributed by atoms with Crippen molar-refractivity contribution in [1.82, 2.24) is 14.9 Å². The predicted octanol–water partition coefficient (Wildman–Crippen LogP) is 4.17. The molecule has 2 aromatic heterocycles. The third kappa shape index (κ3) is 3.82. The van der Waals surface area contributed by atoms with Crippen LogP contribution < -0.4 is 10.5 Å². The maximum Gasteiger partial charge on any atom is 0.256 e. The number of pyridine rings is 2. The van der Waals surface area contributed by atoms with E-state index in [0.717, 1.165) is 62.3 Å². The lowest BCUT2D eigenvalue weighted by Crippen LogP contribution is -2.50. The molecule has 2 atom stereocenters. The molecule has 1 aliphatic carbocycles. The standard InChI is InChI=1S/C23H24ClFN4O/c24-17-3-6-22(26-14-17)29-9-7-28(8-10-29)19-5-2-16(11-19)21-12-15-1-4-18(25)13-20(15)23(30)27-21/h1,3-4,6,12-14,16,19H,2,5,7-11H2,(H,27,30)/t16-,19+/m1/s1. The van der Waals surface area contributed by atoms with Crippen molar-refractivity contribution in [2.24, 2.45) is 0 Å². The largest absolute Gasteiger partial charge is 0.354 e. The number of H-pyrrole nitrogens is 1. The molecule has 5 nitrogen and oxygen atoms in total. The molecule has 3 heterocycles. The summed E-state index contributed by atoms with van der Waals surface area (Å²) in [5, 5.41) is 1.88. The molecule has 30 heavy (non-hydrogen) atoms. The van der Waals surface area contributed by atoms with Crippen LogP contribution in [0.4, 0.5) is 10.2 Å². The number of rotatable bonds is 3. The predicted molar refractivity (Wildman–Crippen MR) is 118 cm³/mol. The Kier molecular flexibility index (Phi) is 5.21. The quantitative estimate of drug-likeness (QED) is 0.682. The Labute approximate surface area is 179 Å². The highest BCUT2D eigenvalue weighted by Gasteiger charge is 2.32. The van der Waals surface area contributed by atoms with Gasteiger partial charge in [-0.2, -0.15) is 0 Å². The summed E-state index contributed by atoms with van der Waals surface area (Å²) in [6, 6.07) is 10.8. The van der Waals surface area contributed by atoms with E-state index in [4.69, 9.17) is 11.6 Å². The van der Waals surface area contributed by atoms with Crippen LogP contribution in [0.5, 0.6) is 0 Å². The van der Waals surface area contributed by atoms with E-state index in [-0.39, 0.29) is 11.4 Å². The van der Waals surface area contributed by atoms with E-state index in [9.17, 15) is 9.18 Å². The molecule has 156 valence electrons. The SMILES string of the molecule is O=c1[nH]c([C@@H]2CC[C@H](N3CCN(c4ccc(Cl)cn4)CC3)C2)cc2ccc(F)cc12.